The molecule has 1 saturated heterocycles. The van der Waals surface area contributed by atoms with Gasteiger partial charge in [-0.15, -0.1) is 0 Å². The van der Waals surface area contributed by atoms with Crippen molar-refractivity contribution in [1.29, 1.82) is 0 Å². The Bertz CT molecular complexity index is 284. The van der Waals surface area contributed by atoms with Crippen molar-refractivity contribution in [2.45, 2.75) is 52.3 Å². The second kappa shape index (κ2) is 5.89. The van der Waals surface area contributed by atoms with Crippen LogP contribution in [-0.4, -0.2) is 59.8 Å². The van der Waals surface area contributed by atoms with Gasteiger partial charge in [0.2, 0.25) is 0 Å². The number of rotatable bonds is 3. The SMILES string of the molecule is CCN(CC)[C@H]1CN(C(=O)OC(C)(C)C)C[C@H]1N. The van der Waals surface area contributed by atoms with E-state index in [0.717, 1.165) is 13.1 Å². The fourth-order valence-corrected chi connectivity index (χ4v) is 2.37. The van der Waals surface area contributed by atoms with Crippen molar-refractivity contribution in [3.8, 4) is 0 Å². The van der Waals surface area contributed by atoms with E-state index in [1.54, 1.807) is 4.90 Å². The molecule has 18 heavy (non-hydrogen) atoms. The van der Waals surface area contributed by atoms with Crippen LogP contribution in [0.5, 0.6) is 0 Å². The zero-order valence-electron chi connectivity index (χ0n) is 12.3. The summed E-state index contributed by atoms with van der Waals surface area (Å²) < 4.78 is 5.38. The van der Waals surface area contributed by atoms with E-state index >= 15 is 0 Å². The molecule has 1 amide bonds. The molecule has 0 bridgehead atoms. The summed E-state index contributed by atoms with van der Waals surface area (Å²) >= 11 is 0. The molecule has 2 atom stereocenters. The van der Waals surface area contributed by atoms with Gasteiger partial charge in [0.15, 0.2) is 0 Å². The van der Waals surface area contributed by atoms with Gasteiger partial charge in [-0.1, -0.05) is 13.8 Å². The fraction of sp³-hybridized carbons (Fsp3) is 0.923. The first-order chi connectivity index (χ1) is 8.28. The average molecular weight is 257 g/mol. The molecule has 0 aromatic carbocycles. The minimum absolute atomic E-state index is 0.0115. The molecule has 2 N–H and O–H groups in total. The maximum absolute atomic E-state index is 12.0. The van der Waals surface area contributed by atoms with Crippen molar-refractivity contribution in [1.82, 2.24) is 9.80 Å². The molecular formula is C13H27N3O2. The summed E-state index contributed by atoms with van der Waals surface area (Å²) in [4.78, 5) is 16.0. The number of nitrogens with two attached hydrogens (primary N) is 1. The summed E-state index contributed by atoms with van der Waals surface area (Å²) in [6.45, 7) is 13.0. The highest BCUT2D eigenvalue weighted by Crippen LogP contribution is 2.18. The zero-order chi connectivity index (χ0) is 13.9. The van der Waals surface area contributed by atoms with Crippen molar-refractivity contribution in [3.63, 3.8) is 0 Å². The molecule has 0 unspecified atom stereocenters. The van der Waals surface area contributed by atoms with Crippen molar-refractivity contribution in [3.05, 3.63) is 0 Å². The first-order valence-electron chi connectivity index (χ1n) is 6.76. The summed E-state index contributed by atoms with van der Waals surface area (Å²) in [5.41, 5.74) is 5.68. The molecule has 1 rings (SSSR count). The summed E-state index contributed by atoms with van der Waals surface area (Å²) in [6, 6.07) is 0.255. The third kappa shape index (κ3) is 3.85. The van der Waals surface area contributed by atoms with E-state index in [9.17, 15) is 4.79 Å². The van der Waals surface area contributed by atoms with Gasteiger partial charge < -0.3 is 15.4 Å². The Balaban J connectivity index is 2.60. The smallest absolute Gasteiger partial charge is 0.410 e. The van der Waals surface area contributed by atoms with E-state index < -0.39 is 5.60 Å². The van der Waals surface area contributed by atoms with Gasteiger partial charge in [0.1, 0.15) is 5.60 Å². The number of carbonyl (C=O) groups is 1. The van der Waals surface area contributed by atoms with Gasteiger partial charge in [-0.25, -0.2) is 4.79 Å². The lowest BCUT2D eigenvalue weighted by atomic mass is 10.1. The Labute approximate surface area is 110 Å². The molecule has 5 nitrogen and oxygen atoms in total. The van der Waals surface area contributed by atoms with Gasteiger partial charge in [0, 0.05) is 25.2 Å². The van der Waals surface area contributed by atoms with Crippen LogP contribution >= 0.6 is 0 Å². The average Bonchev–Trinajstić information content (AvgIpc) is 2.61. The van der Waals surface area contributed by atoms with Gasteiger partial charge in [0.05, 0.1) is 0 Å². The van der Waals surface area contributed by atoms with Crippen LogP contribution in [0.4, 0.5) is 4.79 Å². The summed E-state index contributed by atoms with van der Waals surface area (Å²) in [6.07, 6.45) is -0.257. The molecule has 5 heteroatoms. The number of carbonyl (C=O) groups excluding carboxylic acids is 1. The number of likely N-dealkylation sites (N-methyl/N-ethyl adjacent to an activating group) is 1. The molecule has 1 aliphatic heterocycles. The Kier molecular flexibility index (Phi) is 4.99. The fourth-order valence-electron chi connectivity index (χ4n) is 2.37. The summed E-state index contributed by atoms with van der Waals surface area (Å²) in [5.74, 6) is 0. The topological polar surface area (TPSA) is 58.8 Å². The van der Waals surface area contributed by atoms with Crippen LogP contribution < -0.4 is 5.73 Å². The van der Waals surface area contributed by atoms with E-state index in [1.807, 2.05) is 20.8 Å². The maximum Gasteiger partial charge on any atom is 0.410 e. The number of ether oxygens (including phenoxy) is 1. The number of amides is 1. The Morgan fingerprint density at radius 3 is 2.33 bits per heavy atom. The number of likely N-dealkylation sites (tertiary alicyclic amines) is 1. The predicted molar refractivity (Wildman–Crippen MR) is 72.5 cm³/mol. The van der Waals surface area contributed by atoms with E-state index in [-0.39, 0.29) is 18.2 Å². The quantitative estimate of drug-likeness (QED) is 0.827. The molecule has 0 saturated carbocycles. The Hall–Kier alpha value is -0.810. The van der Waals surface area contributed by atoms with Crippen molar-refractivity contribution in [2.24, 2.45) is 5.73 Å². The van der Waals surface area contributed by atoms with Gasteiger partial charge in [-0.05, 0) is 33.9 Å². The third-order valence-corrected chi connectivity index (χ3v) is 3.27. The molecule has 1 fully saturated rings. The van der Waals surface area contributed by atoms with E-state index in [2.05, 4.69) is 18.7 Å². The van der Waals surface area contributed by atoms with Gasteiger partial charge >= 0.3 is 6.09 Å². The lowest BCUT2D eigenvalue weighted by Gasteiger charge is -2.28. The van der Waals surface area contributed by atoms with Crippen molar-refractivity contribution >= 4 is 6.09 Å². The molecule has 0 radical (unpaired) electrons. The number of hydrogen-bond acceptors (Lipinski definition) is 4. The van der Waals surface area contributed by atoms with Crippen molar-refractivity contribution < 1.29 is 9.53 Å². The molecule has 0 spiro atoms. The van der Waals surface area contributed by atoms with Crippen LogP contribution in [0.2, 0.25) is 0 Å². The van der Waals surface area contributed by atoms with Crippen LogP contribution in [0, 0.1) is 0 Å². The van der Waals surface area contributed by atoms with Crippen LogP contribution in [0.25, 0.3) is 0 Å². The minimum atomic E-state index is -0.450. The molecule has 106 valence electrons. The van der Waals surface area contributed by atoms with Crippen LogP contribution in [0.3, 0.4) is 0 Å². The standard InChI is InChI=1S/C13H27N3O2/c1-6-15(7-2)11-9-16(8-10(11)14)12(17)18-13(3,4)5/h10-11H,6-9,14H2,1-5H3/t10-,11+/m1/s1. The highest BCUT2D eigenvalue weighted by molar-refractivity contribution is 5.68. The van der Waals surface area contributed by atoms with Gasteiger partial charge in [0.25, 0.3) is 0 Å². The second-order valence-electron chi connectivity index (χ2n) is 5.84. The lowest BCUT2D eigenvalue weighted by Crippen LogP contribution is -2.46. The number of hydrogen-bond donors (Lipinski definition) is 1. The molecule has 1 aliphatic rings. The lowest BCUT2D eigenvalue weighted by molar-refractivity contribution is 0.0280. The highest BCUT2D eigenvalue weighted by atomic mass is 16.6. The molecule has 0 aromatic rings. The maximum atomic E-state index is 12.0. The minimum Gasteiger partial charge on any atom is -0.444 e. The Morgan fingerprint density at radius 1 is 1.33 bits per heavy atom. The van der Waals surface area contributed by atoms with Crippen LogP contribution in [0.1, 0.15) is 34.6 Å². The highest BCUT2D eigenvalue weighted by Gasteiger charge is 2.37. The monoisotopic (exact) mass is 257 g/mol. The summed E-state index contributed by atoms with van der Waals surface area (Å²) in [7, 11) is 0. The van der Waals surface area contributed by atoms with Crippen LogP contribution in [0.15, 0.2) is 0 Å². The molecular weight excluding hydrogens is 230 g/mol. The Morgan fingerprint density at radius 2 is 1.89 bits per heavy atom. The predicted octanol–water partition coefficient (Wildman–Crippen LogP) is 1.27. The largest absolute Gasteiger partial charge is 0.444 e. The van der Waals surface area contributed by atoms with E-state index in [0.29, 0.717) is 13.1 Å². The van der Waals surface area contributed by atoms with E-state index in [4.69, 9.17) is 10.5 Å². The second-order valence-corrected chi connectivity index (χ2v) is 5.84. The zero-order valence-corrected chi connectivity index (χ0v) is 12.3. The summed E-state index contributed by atoms with van der Waals surface area (Å²) in [5, 5.41) is 0. The number of nitrogens with zero attached hydrogens (tertiary/aromatic N) is 2. The van der Waals surface area contributed by atoms with E-state index in [1.165, 1.54) is 0 Å². The van der Waals surface area contributed by atoms with Gasteiger partial charge in [-0.2, -0.15) is 0 Å². The van der Waals surface area contributed by atoms with Crippen LogP contribution in [-0.2, 0) is 4.74 Å². The van der Waals surface area contributed by atoms with Gasteiger partial charge in [-0.3, -0.25) is 4.90 Å². The first-order valence-corrected chi connectivity index (χ1v) is 6.76. The van der Waals surface area contributed by atoms with Crippen molar-refractivity contribution in [2.75, 3.05) is 26.2 Å². The first kappa shape index (κ1) is 15.2. The molecule has 0 aliphatic carbocycles. The normalized spacial score (nSPS) is 24.7. The molecule has 1 heterocycles. The third-order valence-electron chi connectivity index (χ3n) is 3.27. The molecule has 0 aromatic heterocycles.